The molecule has 0 fully saturated rings. The van der Waals surface area contributed by atoms with Gasteiger partial charge in [0.05, 0.1) is 18.0 Å². The lowest BCUT2D eigenvalue weighted by Crippen LogP contribution is -2.26. The summed E-state index contributed by atoms with van der Waals surface area (Å²) in [7, 11) is 1.82. The van der Waals surface area contributed by atoms with Gasteiger partial charge in [-0.3, -0.25) is 9.59 Å². The van der Waals surface area contributed by atoms with E-state index in [4.69, 9.17) is 4.74 Å². The van der Waals surface area contributed by atoms with Gasteiger partial charge in [0.15, 0.2) is 5.78 Å². The Morgan fingerprint density at radius 3 is 2.35 bits per heavy atom. The molecule has 1 aromatic heterocycles. The Labute approximate surface area is 183 Å². The summed E-state index contributed by atoms with van der Waals surface area (Å²) in [6, 6.07) is 17.0. The van der Waals surface area contributed by atoms with E-state index in [-0.39, 0.29) is 11.7 Å². The van der Waals surface area contributed by atoms with Crippen molar-refractivity contribution in [2.45, 2.75) is 40.2 Å². The summed E-state index contributed by atoms with van der Waals surface area (Å²) < 4.78 is 7.61. The first-order chi connectivity index (χ1) is 14.9. The van der Waals surface area contributed by atoms with E-state index >= 15 is 0 Å². The number of ketones is 1. The molecule has 0 atom stereocenters. The monoisotopic (exact) mass is 419 g/mol. The highest BCUT2D eigenvalue weighted by molar-refractivity contribution is 5.94. The van der Waals surface area contributed by atoms with Gasteiger partial charge in [-0.1, -0.05) is 18.2 Å². The van der Waals surface area contributed by atoms with Crippen LogP contribution in [0, 0.1) is 13.8 Å². The summed E-state index contributed by atoms with van der Waals surface area (Å²) in [6.07, 6.45) is 1.03. The first-order valence-corrected chi connectivity index (χ1v) is 10.4. The van der Waals surface area contributed by atoms with Crippen LogP contribution in [0.5, 0.6) is 5.75 Å². The van der Waals surface area contributed by atoms with Crippen molar-refractivity contribution in [2.75, 3.05) is 13.7 Å². The van der Waals surface area contributed by atoms with Gasteiger partial charge in [0, 0.05) is 36.8 Å². The normalized spacial score (nSPS) is 10.7. The van der Waals surface area contributed by atoms with Crippen LogP contribution in [0.25, 0.3) is 5.69 Å². The number of ether oxygens (including phenoxy) is 1. The number of aromatic nitrogens is 2. The predicted octanol–water partition coefficient (Wildman–Crippen LogP) is 4.51. The molecule has 6 heteroatoms. The smallest absolute Gasteiger partial charge is 0.222 e. The Kier molecular flexibility index (Phi) is 7.23. The van der Waals surface area contributed by atoms with Gasteiger partial charge < -0.3 is 9.64 Å². The Hall–Kier alpha value is -3.41. The molecule has 3 rings (SSSR count). The number of benzene rings is 2. The molecule has 0 N–H and O–H groups in total. The highest BCUT2D eigenvalue weighted by Crippen LogP contribution is 2.20. The fraction of sp³-hybridized carbons (Fsp3) is 0.320. The van der Waals surface area contributed by atoms with Crippen molar-refractivity contribution in [1.29, 1.82) is 0 Å². The van der Waals surface area contributed by atoms with Gasteiger partial charge >= 0.3 is 0 Å². The zero-order valence-corrected chi connectivity index (χ0v) is 18.6. The largest absolute Gasteiger partial charge is 0.494 e. The second-order valence-electron chi connectivity index (χ2n) is 7.68. The van der Waals surface area contributed by atoms with Crippen molar-refractivity contribution >= 4 is 11.7 Å². The third-order valence-corrected chi connectivity index (χ3v) is 5.33. The van der Waals surface area contributed by atoms with Crippen LogP contribution in [0.15, 0.2) is 54.6 Å². The number of nitrogens with zero attached hydrogens (tertiary/aromatic N) is 3. The third kappa shape index (κ3) is 5.60. The quantitative estimate of drug-likeness (QED) is 0.378. The maximum absolute atomic E-state index is 12.6. The first kappa shape index (κ1) is 22.3. The van der Waals surface area contributed by atoms with Crippen LogP contribution in [0.3, 0.4) is 0 Å². The lowest BCUT2D eigenvalue weighted by molar-refractivity contribution is -0.130. The van der Waals surface area contributed by atoms with E-state index < -0.39 is 0 Å². The molecule has 3 aromatic rings. The van der Waals surface area contributed by atoms with Gasteiger partial charge in [-0.2, -0.15) is 5.10 Å². The Morgan fingerprint density at radius 1 is 1.03 bits per heavy atom. The van der Waals surface area contributed by atoms with Crippen molar-refractivity contribution in [3.63, 3.8) is 0 Å². The number of amides is 1. The standard InChI is InChI=1S/C25H29N3O3/c1-18-24(19(2)28(26-18)22-9-6-5-7-10-22)17-27(4)25(30)11-8-16-31-23-14-12-21(13-15-23)20(3)29/h5-7,9-10,12-15H,8,11,16-17H2,1-4H3. The number of Topliss-reactive ketones (excluding diaryl/α,β-unsaturated/α-hetero) is 1. The van der Waals surface area contributed by atoms with Crippen LogP contribution in [-0.2, 0) is 11.3 Å². The third-order valence-electron chi connectivity index (χ3n) is 5.33. The lowest BCUT2D eigenvalue weighted by Gasteiger charge is -2.18. The fourth-order valence-corrected chi connectivity index (χ4v) is 3.44. The summed E-state index contributed by atoms with van der Waals surface area (Å²) in [4.78, 5) is 25.6. The van der Waals surface area contributed by atoms with Crippen LogP contribution in [0.4, 0.5) is 0 Å². The number of carbonyl (C=O) groups is 2. The molecule has 6 nitrogen and oxygen atoms in total. The second kappa shape index (κ2) is 10.1. The highest BCUT2D eigenvalue weighted by atomic mass is 16.5. The molecular formula is C25H29N3O3. The van der Waals surface area contributed by atoms with Gasteiger partial charge in [0.2, 0.25) is 5.91 Å². The number of hydrogen-bond donors (Lipinski definition) is 0. The Bertz CT molecular complexity index is 1040. The molecule has 0 spiro atoms. The first-order valence-electron chi connectivity index (χ1n) is 10.4. The van der Waals surface area contributed by atoms with Crippen molar-refractivity contribution < 1.29 is 14.3 Å². The van der Waals surface area contributed by atoms with Gasteiger partial charge in [0.1, 0.15) is 5.75 Å². The van der Waals surface area contributed by atoms with E-state index in [9.17, 15) is 9.59 Å². The van der Waals surface area contributed by atoms with E-state index in [2.05, 4.69) is 5.10 Å². The predicted molar refractivity (Wildman–Crippen MR) is 121 cm³/mol. The molecule has 0 saturated heterocycles. The molecular weight excluding hydrogens is 390 g/mol. The van der Waals surface area contributed by atoms with Gasteiger partial charge in [0.25, 0.3) is 0 Å². The van der Waals surface area contributed by atoms with Crippen molar-refractivity contribution in [3.05, 3.63) is 77.1 Å². The number of rotatable bonds is 9. The van der Waals surface area contributed by atoms with Crippen LogP contribution >= 0.6 is 0 Å². The van der Waals surface area contributed by atoms with Gasteiger partial charge in [-0.15, -0.1) is 0 Å². The summed E-state index contributed by atoms with van der Waals surface area (Å²) in [5, 5.41) is 4.66. The molecule has 1 amide bonds. The minimum atomic E-state index is 0.0277. The summed E-state index contributed by atoms with van der Waals surface area (Å²) >= 11 is 0. The van der Waals surface area contributed by atoms with E-state index in [1.54, 1.807) is 29.2 Å². The summed E-state index contributed by atoms with van der Waals surface area (Å²) in [5.74, 6) is 0.798. The Balaban J connectivity index is 1.50. The highest BCUT2D eigenvalue weighted by Gasteiger charge is 2.17. The van der Waals surface area contributed by atoms with Crippen molar-refractivity contribution in [1.82, 2.24) is 14.7 Å². The van der Waals surface area contributed by atoms with Crippen molar-refractivity contribution in [2.24, 2.45) is 0 Å². The molecule has 1 heterocycles. The second-order valence-corrected chi connectivity index (χ2v) is 7.68. The zero-order chi connectivity index (χ0) is 22.4. The summed E-state index contributed by atoms with van der Waals surface area (Å²) in [6.45, 7) is 6.52. The number of hydrogen-bond acceptors (Lipinski definition) is 4. The maximum atomic E-state index is 12.6. The lowest BCUT2D eigenvalue weighted by atomic mass is 10.1. The topological polar surface area (TPSA) is 64.4 Å². The molecule has 0 bridgehead atoms. The van der Waals surface area contributed by atoms with E-state index in [1.165, 1.54) is 6.92 Å². The van der Waals surface area contributed by atoms with Crippen LogP contribution in [0.1, 0.15) is 47.1 Å². The molecule has 0 aliphatic heterocycles. The molecule has 0 aliphatic carbocycles. The van der Waals surface area contributed by atoms with Gasteiger partial charge in [-0.05, 0) is 63.6 Å². The van der Waals surface area contributed by atoms with E-state index in [0.29, 0.717) is 37.3 Å². The number of carbonyl (C=O) groups excluding carboxylic acids is 2. The number of aryl methyl sites for hydroxylation is 1. The van der Waals surface area contributed by atoms with E-state index in [1.807, 2.05) is 55.9 Å². The fourth-order valence-electron chi connectivity index (χ4n) is 3.44. The minimum Gasteiger partial charge on any atom is -0.494 e. The zero-order valence-electron chi connectivity index (χ0n) is 18.6. The Morgan fingerprint density at radius 2 is 1.71 bits per heavy atom. The van der Waals surface area contributed by atoms with Crippen LogP contribution < -0.4 is 4.74 Å². The molecule has 2 aromatic carbocycles. The molecule has 0 aliphatic rings. The van der Waals surface area contributed by atoms with Crippen molar-refractivity contribution in [3.8, 4) is 11.4 Å². The average molecular weight is 420 g/mol. The molecule has 162 valence electrons. The molecule has 31 heavy (non-hydrogen) atoms. The maximum Gasteiger partial charge on any atom is 0.222 e. The van der Waals surface area contributed by atoms with E-state index in [0.717, 1.165) is 22.6 Å². The van der Waals surface area contributed by atoms with Gasteiger partial charge in [-0.25, -0.2) is 4.68 Å². The molecule has 0 saturated carbocycles. The molecule has 0 unspecified atom stereocenters. The molecule has 0 radical (unpaired) electrons. The average Bonchev–Trinajstić information content (AvgIpc) is 3.05. The minimum absolute atomic E-state index is 0.0277. The van der Waals surface area contributed by atoms with Crippen LogP contribution in [0.2, 0.25) is 0 Å². The summed E-state index contributed by atoms with van der Waals surface area (Å²) in [5.41, 5.74) is 4.71. The van der Waals surface area contributed by atoms with Crippen LogP contribution in [-0.4, -0.2) is 40.0 Å². The SMILES string of the molecule is CC(=O)c1ccc(OCCCC(=O)N(C)Cc2c(C)nn(-c3ccccc3)c2C)cc1. The number of para-hydroxylation sites is 1.